The molecule has 2 atom stereocenters. The summed E-state index contributed by atoms with van der Waals surface area (Å²) in [6, 6.07) is -0.266. The molecule has 1 heterocycles. The lowest BCUT2D eigenvalue weighted by Crippen LogP contribution is -2.50. The molecule has 0 aliphatic carbocycles. The number of ether oxygens (including phenoxy) is 2. The van der Waals surface area contributed by atoms with Crippen LogP contribution in [-0.2, 0) is 14.3 Å². The lowest BCUT2D eigenvalue weighted by Gasteiger charge is -2.34. The van der Waals surface area contributed by atoms with Crippen LogP contribution >= 0.6 is 0 Å². The normalized spacial score (nSPS) is 25.8. The molecule has 1 aliphatic heterocycles. The van der Waals surface area contributed by atoms with Crippen molar-refractivity contribution in [3.8, 4) is 0 Å². The van der Waals surface area contributed by atoms with E-state index in [1.165, 1.54) is 7.11 Å². The average molecular weight is 203 g/mol. The molecule has 1 fully saturated rings. The van der Waals surface area contributed by atoms with Gasteiger partial charge in [0, 0.05) is 13.1 Å². The quantitative estimate of drug-likeness (QED) is 0.611. The van der Waals surface area contributed by atoms with Crippen molar-refractivity contribution in [2.24, 2.45) is 0 Å². The summed E-state index contributed by atoms with van der Waals surface area (Å²) in [5.74, 6) is -0.247. The van der Waals surface area contributed by atoms with Crippen molar-refractivity contribution in [3.63, 3.8) is 0 Å². The zero-order chi connectivity index (χ0) is 10.6. The third kappa shape index (κ3) is 2.67. The van der Waals surface area contributed by atoms with Gasteiger partial charge >= 0.3 is 5.97 Å². The van der Waals surface area contributed by atoms with Gasteiger partial charge in [-0.2, -0.15) is 0 Å². The number of hydrogen-bond donors (Lipinski definition) is 1. The Morgan fingerprint density at radius 3 is 3.07 bits per heavy atom. The molecule has 0 aromatic rings. The maximum absolute atomic E-state index is 11.2. The highest BCUT2D eigenvalue weighted by Crippen LogP contribution is 2.09. The zero-order valence-electron chi connectivity index (χ0n) is 8.60. The van der Waals surface area contributed by atoms with Crippen molar-refractivity contribution in [1.29, 1.82) is 0 Å². The fourth-order valence-electron chi connectivity index (χ4n) is 1.52. The number of carbonyl (C=O) groups is 1. The molecule has 0 radical (unpaired) electrons. The summed E-state index contributed by atoms with van der Waals surface area (Å²) in [5.41, 5.74) is 0. The van der Waals surface area contributed by atoms with E-state index >= 15 is 0 Å². The van der Waals surface area contributed by atoms with Crippen LogP contribution in [0, 0.1) is 0 Å². The van der Waals surface area contributed by atoms with E-state index in [4.69, 9.17) is 9.84 Å². The summed E-state index contributed by atoms with van der Waals surface area (Å²) in [6.07, 6.45) is -0.184. The highest BCUT2D eigenvalue weighted by Gasteiger charge is 2.27. The molecule has 1 rings (SSSR count). The Labute approximate surface area is 83.6 Å². The molecule has 0 spiro atoms. The number of morpholine rings is 1. The van der Waals surface area contributed by atoms with Gasteiger partial charge in [0.05, 0.1) is 26.4 Å². The Morgan fingerprint density at radius 2 is 2.50 bits per heavy atom. The van der Waals surface area contributed by atoms with Gasteiger partial charge in [0.25, 0.3) is 0 Å². The summed E-state index contributed by atoms with van der Waals surface area (Å²) in [5, 5.41) is 8.92. The number of hydrogen-bond acceptors (Lipinski definition) is 5. The second-order valence-electron chi connectivity index (χ2n) is 3.37. The van der Waals surface area contributed by atoms with E-state index in [9.17, 15) is 4.79 Å². The summed E-state index contributed by atoms with van der Waals surface area (Å²) in [4.78, 5) is 13.2. The molecule has 1 aliphatic rings. The predicted octanol–water partition coefficient (Wildman–Crippen LogP) is -0.759. The Morgan fingerprint density at radius 1 is 1.79 bits per heavy atom. The third-order valence-corrected chi connectivity index (χ3v) is 2.46. The number of aliphatic hydroxyl groups excluding tert-OH is 1. The van der Waals surface area contributed by atoms with Crippen LogP contribution in [0.25, 0.3) is 0 Å². The minimum Gasteiger partial charge on any atom is -0.468 e. The van der Waals surface area contributed by atoms with Gasteiger partial charge in [-0.25, -0.2) is 0 Å². The van der Waals surface area contributed by atoms with Gasteiger partial charge in [-0.1, -0.05) is 0 Å². The summed E-state index contributed by atoms with van der Waals surface area (Å²) in [6.45, 7) is 3.61. The van der Waals surface area contributed by atoms with Crippen LogP contribution in [0.1, 0.15) is 6.92 Å². The Bertz CT molecular complexity index is 197. The minimum absolute atomic E-state index is 0.00953. The maximum Gasteiger partial charge on any atom is 0.322 e. The number of methoxy groups -OCH3 is 1. The summed E-state index contributed by atoms with van der Waals surface area (Å²) >= 11 is 0. The molecule has 0 aromatic heterocycles. The van der Waals surface area contributed by atoms with E-state index in [1.54, 1.807) is 6.92 Å². The molecule has 0 amide bonds. The van der Waals surface area contributed by atoms with Crippen molar-refractivity contribution in [3.05, 3.63) is 0 Å². The minimum atomic E-state index is -0.266. The Balaban J connectivity index is 2.46. The Hall–Kier alpha value is -0.650. The number of esters is 1. The van der Waals surface area contributed by atoms with Crippen LogP contribution < -0.4 is 0 Å². The van der Waals surface area contributed by atoms with Crippen molar-refractivity contribution in [1.82, 2.24) is 4.90 Å². The smallest absolute Gasteiger partial charge is 0.322 e. The van der Waals surface area contributed by atoms with Gasteiger partial charge < -0.3 is 14.6 Å². The molecule has 1 N–H and O–H groups in total. The first-order valence-corrected chi connectivity index (χ1v) is 4.73. The van der Waals surface area contributed by atoms with Crippen LogP contribution in [0.5, 0.6) is 0 Å². The highest BCUT2D eigenvalue weighted by atomic mass is 16.5. The molecule has 5 nitrogen and oxygen atoms in total. The number of nitrogens with zero attached hydrogens (tertiary/aromatic N) is 1. The van der Waals surface area contributed by atoms with Crippen molar-refractivity contribution in [2.45, 2.75) is 19.1 Å². The number of aliphatic hydroxyl groups is 1. The van der Waals surface area contributed by atoms with Crippen LogP contribution in [-0.4, -0.2) is 61.5 Å². The number of carbonyl (C=O) groups excluding carboxylic acids is 1. The van der Waals surface area contributed by atoms with Crippen molar-refractivity contribution in [2.75, 3.05) is 33.4 Å². The van der Waals surface area contributed by atoms with E-state index in [0.29, 0.717) is 19.7 Å². The van der Waals surface area contributed by atoms with Gasteiger partial charge in [0.1, 0.15) is 6.04 Å². The number of rotatable bonds is 3. The summed E-state index contributed by atoms with van der Waals surface area (Å²) in [7, 11) is 1.38. The molecular weight excluding hydrogens is 186 g/mol. The standard InChI is InChI=1S/C9H17NO4/c1-7(9(12)13-2)10-3-4-14-8(5-10)6-11/h7-8,11H,3-6H2,1-2H3. The first-order chi connectivity index (χ1) is 6.69. The second-order valence-corrected chi connectivity index (χ2v) is 3.37. The fourth-order valence-corrected chi connectivity index (χ4v) is 1.52. The molecular formula is C9H17NO4. The SMILES string of the molecule is COC(=O)C(C)N1CCOC(CO)C1. The highest BCUT2D eigenvalue weighted by molar-refractivity contribution is 5.75. The van der Waals surface area contributed by atoms with E-state index < -0.39 is 0 Å². The lowest BCUT2D eigenvalue weighted by molar-refractivity contribution is -0.150. The Kier molecular flexibility index (Phi) is 4.31. The van der Waals surface area contributed by atoms with E-state index in [-0.39, 0.29) is 24.7 Å². The largest absolute Gasteiger partial charge is 0.468 e. The van der Waals surface area contributed by atoms with Gasteiger partial charge in [-0.05, 0) is 6.92 Å². The van der Waals surface area contributed by atoms with Crippen LogP contribution in [0.4, 0.5) is 0 Å². The third-order valence-electron chi connectivity index (χ3n) is 2.46. The van der Waals surface area contributed by atoms with Crippen molar-refractivity contribution < 1.29 is 19.4 Å². The van der Waals surface area contributed by atoms with Crippen molar-refractivity contribution >= 4 is 5.97 Å². The first-order valence-electron chi connectivity index (χ1n) is 4.73. The molecule has 2 unspecified atom stereocenters. The molecule has 5 heteroatoms. The van der Waals surface area contributed by atoms with Gasteiger partial charge in [-0.15, -0.1) is 0 Å². The molecule has 0 aromatic carbocycles. The molecule has 1 saturated heterocycles. The van der Waals surface area contributed by atoms with E-state index in [1.807, 2.05) is 4.90 Å². The molecule has 82 valence electrons. The van der Waals surface area contributed by atoms with Gasteiger partial charge in [0.2, 0.25) is 0 Å². The summed E-state index contributed by atoms with van der Waals surface area (Å²) < 4.78 is 9.93. The maximum atomic E-state index is 11.2. The van der Waals surface area contributed by atoms with E-state index in [2.05, 4.69) is 4.74 Å². The van der Waals surface area contributed by atoms with Crippen LogP contribution in [0.3, 0.4) is 0 Å². The molecule has 0 saturated carbocycles. The first kappa shape index (κ1) is 11.4. The molecule has 14 heavy (non-hydrogen) atoms. The van der Waals surface area contributed by atoms with Crippen LogP contribution in [0.15, 0.2) is 0 Å². The van der Waals surface area contributed by atoms with Gasteiger partial charge in [-0.3, -0.25) is 9.69 Å². The van der Waals surface area contributed by atoms with Gasteiger partial charge in [0.15, 0.2) is 0 Å². The fraction of sp³-hybridized carbons (Fsp3) is 0.889. The zero-order valence-corrected chi connectivity index (χ0v) is 8.60. The average Bonchev–Trinajstić information content (AvgIpc) is 2.27. The molecule has 0 bridgehead atoms. The predicted molar refractivity (Wildman–Crippen MR) is 49.9 cm³/mol. The second kappa shape index (κ2) is 5.29. The monoisotopic (exact) mass is 203 g/mol. The lowest BCUT2D eigenvalue weighted by atomic mass is 10.2. The topological polar surface area (TPSA) is 59.0 Å². The van der Waals surface area contributed by atoms with Crippen LogP contribution in [0.2, 0.25) is 0 Å². The van der Waals surface area contributed by atoms with E-state index in [0.717, 1.165) is 0 Å².